The molecule has 1 aliphatic rings. The van der Waals surface area contributed by atoms with E-state index in [-0.39, 0.29) is 5.75 Å². The van der Waals surface area contributed by atoms with E-state index in [9.17, 15) is 5.11 Å². The van der Waals surface area contributed by atoms with E-state index in [0.717, 1.165) is 18.4 Å². The number of phenols is 1. The summed E-state index contributed by atoms with van der Waals surface area (Å²) in [5, 5.41) is 9.73. The molecule has 1 saturated carbocycles. The predicted octanol–water partition coefficient (Wildman–Crippen LogP) is 1.75. The number of fused-ring (bicyclic) bond motifs is 1. The van der Waals surface area contributed by atoms with Gasteiger partial charge in [-0.15, -0.1) is 0 Å². The smallest absolute Gasteiger partial charge is 0.218 e. The second-order valence-corrected chi connectivity index (χ2v) is 4.18. The molecule has 4 N–H and O–H groups in total. The van der Waals surface area contributed by atoms with Crippen LogP contribution in [0.15, 0.2) is 18.2 Å². The second-order valence-electron chi connectivity index (χ2n) is 4.18. The Labute approximate surface area is 92.9 Å². The Kier molecular flexibility index (Phi) is 2.00. The van der Waals surface area contributed by atoms with Gasteiger partial charge in [0.15, 0.2) is 0 Å². The number of nitrogens with one attached hydrogen (secondary N) is 1. The number of para-hydroxylation sites is 1. The van der Waals surface area contributed by atoms with E-state index in [2.05, 4.69) is 15.0 Å². The summed E-state index contributed by atoms with van der Waals surface area (Å²) in [7, 11) is 0. The van der Waals surface area contributed by atoms with Crippen molar-refractivity contribution in [1.29, 1.82) is 0 Å². The maximum atomic E-state index is 9.73. The molecule has 5 heteroatoms. The van der Waals surface area contributed by atoms with Gasteiger partial charge in [-0.2, -0.15) is 0 Å². The highest BCUT2D eigenvalue weighted by Crippen LogP contribution is 2.38. The normalized spacial score (nSPS) is 16.3. The molecular formula is C11H14N4O. The number of hydrogen-bond donors (Lipinski definition) is 3. The van der Waals surface area contributed by atoms with Gasteiger partial charge < -0.3 is 9.67 Å². The van der Waals surface area contributed by atoms with Crippen molar-refractivity contribution in [2.45, 2.75) is 25.3 Å². The van der Waals surface area contributed by atoms with E-state index in [0.29, 0.717) is 17.5 Å². The molecule has 16 heavy (non-hydrogen) atoms. The summed E-state index contributed by atoms with van der Waals surface area (Å²) in [5.41, 5.74) is 4.16. The molecule has 1 heterocycles. The van der Waals surface area contributed by atoms with Gasteiger partial charge in [-0.3, -0.25) is 5.43 Å². The third-order valence-electron chi connectivity index (χ3n) is 3.27. The molecule has 0 bridgehead atoms. The Hall–Kier alpha value is -1.75. The molecule has 1 aliphatic carbocycles. The van der Waals surface area contributed by atoms with Crippen LogP contribution in [0.4, 0.5) is 5.95 Å². The van der Waals surface area contributed by atoms with Gasteiger partial charge in [-0.05, 0) is 31.4 Å². The summed E-state index contributed by atoms with van der Waals surface area (Å²) >= 11 is 0. The number of nitrogens with zero attached hydrogens (tertiary/aromatic N) is 2. The third-order valence-corrected chi connectivity index (χ3v) is 3.27. The first kappa shape index (κ1) is 9.47. The molecule has 1 fully saturated rings. The average molecular weight is 218 g/mol. The largest absolute Gasteiger partial charge is 0.506 e. The highest BCUT2D eigenvalue weighted by Gasteiger charge is 2.24. The third kappa shape index (κ3) is 1.18. The predicted molar refractivity (Wildman–Crippen MR) is 62.1 cm³/mol. The molecular weight excluding hydrogens is 204 g/mol. The maximum absolute atomic E-state index is 9.73. The van der Waals surface area contributed by atoms with Gasteiger partial charge in [-0.1, -0.05) is 6.07 Å². The summed E-state index contributed by atoms with van der Waals surface area (Å²) < 4.78 is 2.08. The fraction of sp³-hybridized carbons (Fsp3) is 0.364. The molecule has 0 amide bonds. The second kappa shape index (κ2) is 3.38. The fourth-order valence-electron chi connectivity index (χ4n) is 2.22. The van der Waals surface area contributed by atoms with Gasteiger partial charge >= 0.3 is 0 Å². The zero-order valence-corrected chi connectivity index (χ0v) is 8.85. The molecule has 1 aromatic carbocycles. The summed E-state index contributed by atoms with van der Waals surface area (Å²) in [4.78, 5) is 4.31. The number of hydrogen-bond acceptors (Lipinski definition) is 4. The Morgan fingerprint density at radius 1 is 1.44 bits per heavy atom. The van der Waals surface area contributed by atoms with Gasteiger partial charge in [0, 0.05) is 6.04 Å². The van der Waals surface area contributed by atoms with Crippen LogP contribution >= 0.6 is 0 Å². The lowest BCUT2D eigenvalue weighted by atomic mass is 9.93. The first-order valence-electron chi connectivity index (χ1n) is 5.48. The number of nitrogens with two attached hydrogens (primary N) is 1. The lowest BCUT2D eigenvalue weighted by Gasteiger charge is -2.28. The molecule has 0 spiro atoms. The number of benzene rings is 1. The Morgan fingerprint density at radius 2 is 2.25 bits per heavy atom. The minimum atomic E-state index is 0.201. The number of phenolic OH excluding ortho intramolecular Hbond substituents is 1. The monoisotopic (exact) mass is 218 g/mol. The molecule has 0 saturated heterocycles. The van der Waals surface area contributed by atoms with Crippen molar-refractivity contribution < 1.29 is 5.11 Å². The standard InChI is InChI=1S/C11H14N4O/c12-14-11-13-10-8(5-2-6-9(10)16)15(11)7-3-1-4-7/h2,5-7,16H,1,3-4,12H2,(H,13,14). The van der Waals surface area contributed by atoms with Crippen LogP contribution < -0.4 is 11.3 Å². The SMILES string of the molecule is NNc1nc2c(O)cccc2n1C1CCC1. The van der Waals surface area contributed by atoms with Gasteiger partial charge in [0.25, 0.3) is 0 Å². The van der Waals surface area contributed by atoms with Crippen LogP contribution in [0.5, 0.6) is 5.75 Å². The van der Waals surface area contributed by atoms with Crippen LogP contribution in [0.25, 0.3) is 11.0 Å². The summed E-state index contributed by atoms with van der Waals surface area (Å²) in [5.74, 6) is 6.29. The quantitative estimate of drug-likeness (QED) is 0.530. The molecule has 0 unspecified atom stereocenters. The van der Waals surface area contributed by atoms with Crippen LogP contribution in [0, 0.1) is 0 Å². The van der Waals surface area contributed by atoms with Crippen molar-refractivity contribution in [3.05, 3.63) is 18.2 Å². The van der Waals surface area contributed by atoms with Crippen molar-refractivity contribution >= 4 is 17.0 Å². The van der Waals surface area contributed by atoms with E-state index in [1.807, 2.05) is 12.1 Å². The molecule has 0 radical (unpaired) electrons. The summed E-state index contributed by atoms with van der Waals surface area (Å²) in [6.07, 6.45) is 3.54. The van der Waals surface area contributed by atoms with Gasteiger partial charge in [-0.25, -0.2) is 10.8 Å². The van der Waals surface area contributed by atoms with Crippen LogP contribution in [0.2, 0.25) is 0 Å². The number of nitrogen functional groups attached to an aromatic ring is 1. The maximum Gasteiger partial charge on any atom is 0.218 e. The number of imidazole rings is 1. The van der Waals surface area contributed by atoms with E-state index in [1.165, 1.54) is 6.42 Å². The topological polar surface area (TPSA) is 76.1 Å². The minimum absolute atomic E-state index is 0.201. The summed E-state index contributed by atoms with van der Waals surface area (Å²) in [6, 6.07) is 5.88. The Bertz CT molecular complexity index is 530. The van der Waals surface area contributed by atoms with E-state index < -0.39 is 0 Å². The van der Waals surface area contributed by atoms with E-state index in [1.54, 1.807) is 6.07 Å². The highest BCUT2D eigenvalue weighted by atomic mass is 16.3. The highest BCUT2D eigenvalue weighted by molar-refractivity contribution is 5.84. The number of anilines is 1. The lowest BCUT2D eigenvalue weighted by Crippen LogP contribution is -2.21. The first-order chi connectivity index (χ1) is 7.81. The van der Waals surface area contributed by atoms with Crippen LogP contribution in [0.1, 0.15) is 25.3 Å². The van der Waals surface area contributed by atoms with Crippen molar-refractivity contribution in [3.8, 4) is 5.75 Å². The Balaban J connectivity index is 2.26. The van der Waals surface area contributed by atoms with Crippen LogP contribution in [-0.2, 0) is 0 Å². The van der Waals surface area contributed by atoms with Gasteiger partial charge in [0.05, 0.1) is 5.52 Å². The number of aromatic hydroxyl groups is 1. The number of hydrazine groups is 1. The average Bonchev–Trinajstić information content (AvgIpc) is 2.57. The Morgan fingerprint density at radius 3 is 2.88 bits per heavy atom. The zero-order chi connectivity index (χ0) is 11.1. The van der Waals surface area contributed by atoms with Crippen molar-refractivity contribution in [1.82, 2.24) is 9.55 Å². The molecule has 0 aliphatic heterocycles. The molecule has 1 aromatic heterocycles. The van der Waals surface area contributed by atoms with E-state index >= 15 is 0 Å². The zero-order valence-electron chi connectivity index (χ0n) is 8.85. The molecule has 84 valence electrons. The van der Waals surface area contributed by atoms with Gasteiger partial charge in [0.2, 0.25) is 5.95 Å². The molecule has 0 atom stereocenters. The molecule has 3 rings (SSSR count). The molecule has 2 aromatic rings. The van der Waals surface area contributed by atoms with Crippen molar-refractivity contribution in [2.24, 2.45) is 5.84 Å². The van der Waals surface area contributed by atoms with Gasteiger partial charge in [0.1, 0.15) is 11.3 Å². The summed E-state index contributed by atoms with van der Waals surface area (Å²) in [6.45, 7) is 0. The molecule has 5 nitrogen and oxygen atoms in total. The van der Waals surface area contributed by atoms with E-state index in [4.69, 9.17) is 5.84 Å². The first-order valence-corrected chi connectivity index (χ1v) is 5.48. The van der Waals surface area contributed by atoms with Crippen molar-refractivity contribution in [2.75, 3.05) is 5.43 Å². The van der Waals surface area contributed by atoms with Crippen LogP contribution in [0.3, 0.4) is 0 Å². The lowest BCUT2D eigenvalue weighted by molar-refractivity contribution is 0.323. The minimum Gasteiger partial charge on any atom is -0.506 e. The number of rotatable bonds is 2. The van der Waals surface area contributed by atoms with Crippen LogP contribution in [-0.4, -0.2) is 14.7 Å². The fourth-order valence-corrected chi connectivity index (χ4v) is 2.22. The van der Waals surface area contributed by atoms with Crippen molar-refractivity contribution in [3.63, 3.8) is 0 Å². The number of aromatic nitrogens is 2.